The van der Waals surface area contributed by atoms with Gasteiger partial charge in [0.1, 0.15) is 22.8 Å². The molecule has 1 aromatic rings. The van der Waals surface area contributed by atoms with Gasteiger partial charge in [-0.3, -0.25) is 19.3 Å². The third kappa shape index (κ3) is 3.17. The number of ketones is 2. The molecular weight excluding hydrogens is 442 g/mol. The van der Waals surface area contributed by atoms with Crippen molar-refractivity contribution in [3.8, 4) is 5.75 Å². The highest BCUT2D eigenvalue weighted by atomic mass is 16.3. The number of fused-ring (bicyclic) bond motifs is 3. The van der Waals surface area contributed by atoms with Gasteiger partial charge in [-0.2, -0.15) is 0 Å². The lowest BCUT2D eigenvalue weighted by Gasteiger charge is -2.50. The van der Waals surface area contributed by atoms with Gasteiger partial charge in [0.15, 0.2) is 11.4 Å². The second-order valence-electron chi connectivity index (χ2n) is 9.80. The number of phenolic OH excluding ortho intramolecular Hbond substituents is 1. The summed E-state index contributed by atoms with van der Waals surface area (Å²) in [6.07, 6.45) is 0.356. The lowest BCUT2D eigenvalue weighted by atomic mass is 9.57. The Labute approximate surface area is 196 Å². The van der Waals surface area contributed by atoms with E-state index in [0.29, 0.717) is 12.1 Å². The number of nitrogens with two attached hydrogens (primary N) is 1. The Balaban J connectivity index is 1.96. The molecule has 0 saturated heterocycles. The summed E-state index contributed by atoms with van der Waals surface area (Å²) in [5.74, 6) is -6.48. The van der Waals surface area contributed by atoms with Crippen molar-refractivity contribution in [2.45, 2.75) is 31.0 Å². The third-order valence-corrected chi connectivity index (χ3v) is 7.19. The Morgan fingerprint density at radius 2 is 1.79 bits per heavy atom. The number of aliphatic hydroxyl groups is 3. The van der Waals surface area contributed by atoms with Gasteiger partial charge >= 0.3 is 0 Å². The SMILES string of the molecule is CN(C)Cc1ccc(O)c2c1C[C@H]1C[C@H]3[C@H](N(C)C)C(=O)C(C(N)=O)=C(O)[C@@]3(O)C(=O)C1=C2O. The summed E-state index contributed by atoms with van der Waals surface area (Å²) in [7, 11) is 6.91. The zero-order valence-corrected chi connectivity index (χ0v) is 19.5. The predicted molar refractivity (Wildman–Crippen MR) is 122 cm³/mol. The van der Waals surface area contributed by atoms with Crippen molar-refractivity contribution >= 4 is 23.2 Å². The minimum Gasteiger partial charge on any atom is -0.508 e. The van der Waals surface area contributed by atoms with Gasteiger partial charge in [-0.15, -0.1) is 0 Å². The van der Waals surface area contributed by atoms with E-state index in [2.05, 4.69) is 0 Å². The summed E-state index contributed by atoms with van der Waals surface area (Å²) in [6, 6.07) is 2.10. The number of hydrogen-bond donors (Lipinski definition) is 5. The lowest BCUT2D eigenvalue weighted by Crippen LogP contribution is -2.65. The van der Waals surface area contributed by atoms with Crippen molar-refractivity contribution in [2.24, 2.45) is 17.6 Å². The number of carbonyl (C=O) groups excluding carboxylic acids is 3. The number of rotatable bonds is 4. The van der Waals surface area contributed by atoms with Gasteiger partial charge in [0, 0.05) is 18.0 Å². The van der Waals surface area contributed by atoms with Crippen LogP contribution in [0.15, 0.2) is 29.0 Å². The predicted octanol–water partition coefficient (Wildman–Crippen LogP) is 0.0256. The number of aliphatic hydroxyl groups excluding tert-OH is 2. The summed E-state index contributed by atoms with van der Waals surface area (Å²) in [6.45, 7) is 0.531. The van der Waals surface area contributed by atoms with Crippen LogP contribution in [0.2, 0.25) is 0 Å². The Hall–Kier alpha value is -3.21. The van der Waals surface area contributed by atoms with E-state index in [1.807, 2.05) is 19.0 Å². The van der Waals surface area contributed by atoms with Crippen molar-refractivity contribution in [3.05, 3.63) is 45.7 Å². The van der Waals surface area contributed by atoms with Crippen LogP contribution in [0, 0.1) is 11.8 Å². The average molecular weight is 472 g/mol. The first kappa shape index (κ1) is 23.9. The first-order valence-corrected chi connectivity index (χ1v) is 11.0. The lowest BCUT2D eigenvalue weighted by molar-refractivity contribution is -0.153. The molecule has 0 bridgehead atoms. The van der Waals surface area contributed by atoms with E-state index in [0.717, 1.165) is 5.56 Å². The number of likely N-dealkylation sites (N-methyl/N-ethyl adjacent to an activating group) is 1. The highest BCUT2D eigenvalue weighted by Crippen LogP contribution is 2.52. The van der Waals surface area contributed by atoms with Crippen LogP contribution in [-0.4, -0.2) is 87.5 Å². The van der Waals surface area contributed by atoms with E-state index in [-0.39, 0.29) is 29.7 Å². The van der Waals surface area contributed by atoms with Crippen LogP contribution in [-0.2, 0) is 27.3 Å². The molecule has 0 aromatic heterocycles. The first-order valence-electron chi connectivity index (χ1n) is 11.0. The van der Waals surface area contributed by atoms with E-state index < -0.39 is 58.0 Å². The highest BCUT2D eigenvalue weighted by Gasteiger charge is 2.64. The molecule has 1 saturated carbocycles. The van der Waals surface area contributed by atoms with Crippen LogP contribution in [0.3, 0.4) is 0 Å². The fraction of sp³-hybridized carbons (Fsp3) is 0.458. The van der Waals surface area contributed by atoms with E-state index in [1.54, 1.807) is 20.2 Å². The number of aromatic hydroxyl groups is 1. The topological polar surface area (TPSA) is 165 Å². The number of primary amides is 1. The summed E-state index contributed by atoms with van der Waals surface area (Å²) < 4.78 is 0. The molecule has 34 heavy (non-hydrogen) atoms. The van der Waals surface area contributed by atoms with Crippen LogP contribution in [0.25, 0.3) is 5.76 Å². The monoisotopic (exact) mass is 471 g/mol. The van der Waals surface area contributed by atoms with Gasteiger partial charge < -0.3 is 31.1 Å². The van der Waals surface area contributed by atoms with Crippen molar-refractivity contribution in [1.29, 1.82) is 0 Å². The summed E-state index contributed by atoms with van der Waals surface area (Å²) >= 11 is 0. The highest BCUT2D eigenvalue weighted by molar-refractivity contribution is 6.24. The minimum absolute atomic E-state index is 0.0722. The maximum atomic E-state index is 13.7. The molecule has 0 unspecified atom stereocenters. The maximum absolute atomic E-state index is 13.7. The second-order valence-corrected chi connectivity index (χ2v) is 9.80. The summed E-state index contributed by atoms with van der Waals surface area (Å²) in [5.41, 5.74) is 3.37. The van der Waals surface area contributed by atoms with E-state index in [9.17, 15) is 34.8 Å². The standard InChI is InChI=1S/C24H29N3O7/c1-26(2)9-10-5-6-14(28)16-12(10)7-11-8-13-18(27(3)4)20(30)17(23(25)33)22(32)24(13,34)21(31)15(11)19(16)29/h5-6,11,13,18,28-29,32,34H,7-9H2,1-4H3,(H2,25,33)/t11-,13-,18-,24-/m0/s1. The average Bonchev–Trinajstić information content (AvgIpc) is 2.72. The number of carbonyl (C=O) groups is 3. The van der Waals surface area contributed by atoms with Crippen molar-refractivity contribution in [1.82, 2.24) is 9.80 Å². The zero-order valence-electron chi connectivity index (χ0n) is 19.5. The number of nitrogens with zero attached hydrogens (tertiary/aromatic N) is 2. The molecule has 0 heterocycles. The fourth-order valence-electron chi connectivity index (χ4n) is 5.80. The molecule has 1 amide bonds. The molecule has 0 radical (unpaired) electrons. The van der Waals surface area contributed by atoms with Gasteiger partial charge in [0.25, 0.3) is 5.91 Å². The van der Waals surface area contributed by atoms with E-state index in [1.165, 1.54) is 11.0 Å². The first-order chi connectivity index (χ1) is 15.8. The number of amides is 1. The van der Waals surface area contributed by atoms with Crippen LogP contribution >= 0.6 is 0 Å². The number of benzene rings is 1. The Morgan fingerprint density at radius 1 is 1.15 bits per heavy atom. The smallest absolute Gasteiger partial charge is 0.255 e. The van der Waals surface area contributed by atoms with Crippen molar-refractivity contribution in [2.75, 3.05) is 28.2 Å². The third-order valence-electron chi connectivity index (χ3n) is 7.19. The van der Waals surface area contributed by atoms with Gasteiger partial charge in [0.2, 0.25) is 5.78 Å². The molecule has 6 N–H and O–H groups in total. The molecule has 1 fully saturated rings. The van der Waals surface area contributed by atoms with E-state index >= 15 is 0 Å². The molecule has 3 aliphatic carbocycles. The zero-order chi connectivity index (χ0) is 25.3. The Morgan fingerprint density at radius 3 is 2.35 bits per heavy atom. The summed E-state index contributed by atoms with van der Waals surface area (Å²) in [5, 5.41) is 44.1. The molecule has 4 atom stereocenters. The van der Waals surface area contributed by atoms with E-state index in [4.69, 9.17) is 5.73 Å². The molecule has 4 rings (SSSR count). The molecule has 10 heteroatoms. The number of phenols is 1. The van der Waals surface area contributed by atoms with Gasteiger partial charge in [-0.1, -0.05) is 6.07 Å². The van der Waals surface area contributed by atoms with Crippen LogP contribution in [0.5, 0.6) is 5.75 Å². The van der Waals surface area contributed by atoms with Gasteiger partial charge in [-0.25, -0.2) is 0 Å². The molecule has 1 aromatic carbocycles. The quantitative estimate of drug-likeness (QED) is 0.381. The molecule has 3 aliphatic rings. The number of hydrogen-bond acceptors (Lipinski definition) is 9. The van der Waals surface area contributed by atoms with Gasteiger partial charge in [-0.05, 0) is 64.1 Å². The maximum Gasteiger partial charge on any atom is 0.255 e. The Kier molecular flexibility index (Phi) is 5.58. The second kappa shape index (κ2) is 7.93. The van der Waals surface area contributed by atoms with Gasteiger partial charge in [0.05, 0.1) is 11.6 Å². The Bertz CT molecular complexity index is 1180. The van der Waals surface area contributed by atoms with Crippen LogP contribution in [0.1, 0.15) is 23.1 Å². The molecule has 0 spiro atoms. The fourth-order valence-corrected chi connectivity index (χ4v) is 5.80. The van der Waals surface area contributed by atoms with Crippen molar-refractivity contribution in [3.63, 3.8) is 0 Å². The van der Waals surface area contributed by atoms with Crippen LogP contribution in [0.4, 0.5) is 0 Å². The minimum atomic E-state index is -2.62. The van der Waals surface area contributed by atoms with Crippen LogP contribution < -0.4 is 5.73 Å². The molecular formula is C24H29N3O7. The largest absolute Gasteiger partial charge is 0.508 e. The number of Topliss-reactive ketones (excluding diaryl/α,β-unsaturated/α-hetero) is 2. The molecule has 0 aliphatic heterocycles. The molecule has 182 valence electrons. The summed E-state index contributed by atoms with van der Waals surface area (Å²) in [4.78, 5) is 42.2. The van der Waals surface area contributed by atoms with Crippen molar-refractivity contribution < 1.29 is 34.8 Å². The normalized spacial score (nSPS) is 28.9. The molecule has 10 nitrogen and oxygen atoms in total.